The van der Waals surface area contributed by atoms with Gasteiger partial charge in [0.1, 0.15) is 24.6 Å². The molecule has 6 rings (SSSR count). The highest BCUT2D eigenvalue weighted by Gasteiger charge is 2.55. The number of esters is 3. The molecule has 5 aromatic rings. The van der Waals surface area contributed by atoms with Gasteiger partial charge in [-0.25, -0.2) is 29.3 Å². The summed E-state index contributed by atoms with van der Waals surface area (Å²) in [6.45, 7) is -0.589. The highest BCUT2D eigenvalue weighted by atomic mass is 32.2. The predicted octanol–water partition coefficient (Wildman–Crippen LogP) is 2.96. The van der Waals surface area contributed by atoms with Gasteiger partial charge in [-0.3, -0.25) is 8.75 Å². The fourth-order valence-corrected chi connectivity index (χ4v) is 5.85. The first-order valence-corrected chi connectivity index (χ1v) is 16.6. The number of nitrogen functional groups attached to an aromatic ring is 1. The topological polar surface area (TPSA) is 201 Å². The first kappa shape index (κ1) is 33.2. The maximum atomic E-state index is 13.5. The zero-order valence-electron chi connectivity index (χ0n) is 25.8. The van der Waals surface area contributed by atoms with Gasteiger partial charge in [0, 0.05) is 0 Å². The number of benzene rings is 3. The van der Waals surface area contributed by atoms with E-state index in [0.29, 0.717) is 0 Å². The predicted molar refractivity (Wildman–Crippen MR) is 171 cm³/mol. The zero-order chi connectivity index (χ0) is 34.5. The number of anilines is 1. The van der Waals surface area contributed by atoms with Crippen LogP contribution in [0.15, 0.2) is 104 Å². The van der Waals surface area contributed by atoms with Crippen molar-refractivity contribution >= 4 is 45.0 Å². The Morgan fingerprint density at radius 3 is 1.98 bits per heavy atom. The van der Waals surface area contributed by atoms with Crippen molar-refractivity contribution in [3.8, 4) is 0 Å². The Balaban J connectivity index is 1.43. The van der Waals surface area contributed by atoms with Crippen LogP contribution < -0.4 is 5.73 Å². The second kappa shape index (κ2) is 14.2. The summed E-state index contributed by atoms with van der Waals surface area (Å²) in [6.07, 6.45) is -4.26. The van der Waals surface area contributed by atoms with Crippen molar-refractivity contribution in [2.75, 3.05) is 18.6 Å². The van der Waals surface area contributed by atoms with Gasteiger partial charge in [0.05, 0.1) is 29.3 Å². The lowest BCUT2D eigenvalue weighted by molar-refractivity contribution is -0.106. The maximum Gasteiger partial charge on any atom is 0.338 e. The molecule has 252 valence electrons. The number of aromatic nitrogens is 4. The molecule has 2 N–H and O–H groups in total. The van der Waals surface area contributed by atoms with Crippen LogP contribution in [-0.2, 0) is 33.2 Å². The second-order valence-electron chi connectivity index (χ2n) is 10.8. The third-order valence-corrected chi connectivity index (χ3v) is 8.02. The SMILES string of the molecule is CS(=O)(=O)O[C@@H]1[C@@H](OC(=O)c2ccccc2)[C@@H]([C@@H](COC(=O)c2ccccc2)OC(=O)c2ccccc2)O[C@H]1n1cnc2c(N)ncnc21. The number of nitrogens with zero attached hydrogens (tertiary/aromatic N) is 4. The van der Waals surface area contributed by atoms with Gasteiger partial charge in [0.15, 0.2) is 36.0 Å². The van der Waals surface area contributed by atoms with Crippen LogP contribution in [0.5, 0.6) is 0 Å². The van der Waals surface area contributed by atoms with Crippen molar-refractivity contribution in [3.05, 3.63) is 120 Å². The van der Waals surface area contributed by atoms with E-state index in [1.54, 1.807) is 54.6 Å². The van der Waals surface area contributed by atoms with Gasteiger partial charge in [-0.15, -0.1) is 0 Å². The smallest absolute Gasteiger partial charge is 0.338 e. The summed E-state index contributed by atoms with van der Waals surface area (Å²) in [7, 11) is -4.26. The van der Waals surface area contributed by atoms with Gasteiger partial charge in [-0.2, -0.15) is 8.42 Å². The Kier molecular flexibility index (Phi) is 9.61. The van der Waals surface area contributed by atoms with E-state index in [1.807, 2.05) is 0 Å². The van der Waals surface area contributed by atoms with Crippen LogP contribution in [0.1, 0.15) is 37.3 Å². The molecule has 0 saturated carbocycles. The highest BCUT2D eigenvalue weighted by Crippen LogP contribution is 2.39. The molecule has 0 unspecified atom stereocenters. The molecule has 1 fully saturated rings. The van der Waals surface area contributed by atoms with Crippen molar-refractivity contribution in [1.29, 1.82) is 0 Å². The highest BCUT2D eigenvalue weighted by molar-refractivity contribution is 7.86. The van der Waals surface area contributed by atoms with E-state index in [2.05, 4.69) is 15.0 Å². The maximum absolute atomic E-state index is 13.5. The molecule has 1 aliphatic rings. The lowest BCUT2D eigenvalue weighted by atomic mass is 10.0. The molecule has 16 heteroatoms. The molecule has 15 nitrogen and oxygen atoms in total. The van der Waals surface area contributed by atoms with Gasteiger partial charge >= 0.3 is 17.9 Å². The van der Waals surface area contributed by atoms with Gasteiger partial charge in [0.25, 0.3) is 10.1 Å². The van der Waals surface area contributed by atoms with Gasteiger partial charge in [-0.05, 0) is 36.4 Å². The standard InChI is InChI=1S/C33H29N5O10S/c1-49(42,43)48-27-26(47-33(41)22-15-9-4-10-16-22)25(46-30(27)38-19-37-24-28(34)35-18-36-29(24)38)23(45-32(40)21-13-7-3-8-14-21)17-44-31(39)20-11-5-2-6-12-20/h2-16,18-19,23,25-27,30H,17H2,1H3,(H2,34,35,36)/t23-,25-,26+,27-,30-/m1/s1. The Bertz CT molecular complexity index is 2060. The van der Waals surface area contributed by atoms with Crippen LogP contribution in [-0.4, -0.2) is 83.1 Å². The molecule has 0 spiro atoms. The van der Waals surface area contributed by atoms with Crippen molar-refractivity contribution < 1.29 is 45.9 Å². The molecule has 5 atom stereocenters. The number of nitrogens with two attached hydrogens (primary N) is 1. The Labute approximate surface area is 279 Å². The molecular weight excluding hydrogens is 658 g/mol. The molecule has 0 bridgehead atoms. The molecule has 2 aromatic heterocycles. The van der Waals surface area contributed by atoms with Crippen LogP contribution in [0.25, 0.3) is 11.2 Å². The quantitative estimate of drug-likeness (QED) is 0.121. The average Bonchev–Trinajstić information content (AvgIpc) is 3.68. The Hall–Kier alpha value is -5.71. The lowest BCUT2D eigenvalue weighted by Gasteiger charge is -2.28. The lowest BCUT2D eigenvalue weighted by Crippen LogP contribution is -2.47. The molecule has 0 radical (unpaired) electrons. The fraction of sp³-hybridized carbons (Fsp3) is 0.212. The number of rotatable bonds is 11. The van der Waals surface area contributed by atoms with Crippen LogP contribution in [0.2, 0.25) is 0 Å². The summed E-state index contributed by atoms with van der Waals surface area (Å²) < 4.78 is 56.0. The third-order valence-electron chi connectivity index (χ3n) is 7.45. The van der Waals surface area contributed by atoms with E-state index in [-0.39, 0.29) is 33.7 Å². The Morgan fingerprint density at radius 2 is 1.39 bits per heavy atom. The first-order chi connectivity index (χ1) is 23.6. The summed E-state index contributed by atoms with van der Waals surface area (Å²) in [5.41, 5.74) is 6.81. The van der Waals surface area contributed by atoms with Crippen molar-refractivity contribution in [3.63, 3.8) is 0 Å². The molecule has 3 aromatic carbocycles. The third kappa shape index (κ3) is 7.56. The van der Waals surface area contributed by atoms with E-state index >= 15 is 0 Å². The summed E-state index contributed by atoms with van der Waals surface area (Å²) >= 11 is 0. The number of carbonyl (C=O) groups is 3. The zero-order valence-corrected chi connectivity index (χ0v) is 26.6. The van der Waals surface area contributed by atoms with E-state index < -0.39 is 65.3 Å². The van der Waals surface area contributed by atoms with Gasteiger partial charge < -0.3 is 24.7 Å². The molecule has 3 heterocycles. The molecule has 0 amide bonds. The van der Waals surface area contributed by atoms with Crippen molar-refractivity contribution in [2.45, 2.75) is 30.6 Å². The number of hydrogen-bond acceptors (Lipinski definition) is 14. The second-order valence-corrected chi connectivity index (χ2v) is 12.5. The molecular formula is C33H29N5O10S. The molecule has 1 aliphatic heterocycles. The van der Waals surface area contributed by atoms with E-state index in [9.17, 15) is 22.8 Å². The summed E-state index contributed by atoms with van der Waals surface area (Å²) in [5, 5.41) is 0. The van der Waals surface area contributed by atoms with Crippen molar-refractivity contribution in [2.24, 2.45) is 0 Å². The Morgan fingerprint density at radius 1 is 0.816 bits per heavy atom. The van der Waals surface area contributed by atoms with E-state index in [1.165, 1.54) is 53.6 Å². The van der Waals surface area contributed by atoms with Crippen molar-refractivity contribution in [1.82, 2.24) is 19.5 Å². The monoisotopic (exact) mass is 687 g/mol. The minimum absolute atomic E-state index is 0.0356. The normalized spacial score (nSPS) is 19.6. The van der Waals surface area contributed by atoms with Crippen LogP contribution in [0, 0.1) is 0 Å². The van der Waals surface area contributed by atoms with Gasteiger partial charge in [-0.1, -0.05) is 54.6 Å². The largest absolute Gasteiger partial charge is 0.458 e. The minimum atomic E-state index is -4.26. The van der Waals surface area contributed by atoms with E-state index in [4.69, 9.17) is 28.9 Å². The first-order valence-electron chi connectivity index (χ1n) is 14.8. The number of carbonyl (C=O) groups excluding carboxylic acids is 3. The van der Waals surface area contributed by atoms with Crippen LogP contribution in [0.4, 0.5) is 5.82 Å². The summed E-state index contributed by atoms with van der Waals surface area (Å²) in [6, 6.07) is 24.0. The number of ether oxygens (including phenoxy) is 4. The van der Waals surface area contributed by atoms with E-state index in [0.717, 1.165) is 6.26 Å². The fourth-order valence-electron chi connectivity index (χ4n) is 5.24. The summed E-state index contributed by atoms with van der Waals surface area (Å²) in [4.78, 5) is 52.3. The van der Waals surface area contributed by atoms with Crippen LogP contribution >= 0.6 is 0 Å². The molecule has 1 saturated heterocycles. The van der Waals surface area contributed by atoms with Crippen LogP contribution in [0.3, 0.4) is 0 Å². The summed E-state index contributed by atoms with van der Waals surface area (Å²) in [5.74, 6) is -2.40. The van der Waals surface area contributed by atoms with Gasteiger partial charge in [0.2, 0.25) is 0 Å². The minimum Gasteiger partial charge on any atom is -0.458 e. The molecule has 49 heavy (non-hydrogen) atoms. The number of hydrogen-bond donors (Lipinski definition) is 1. The number of fused-ring (bicyclic) bond motifs is 1. The average molecular weight is 688 g/mol. The molecule has 0 aliphatic carbocycles. The number of imidazole rings is 1.